The van der Waals surface area contributed by atoms with Gasteiger partial charge in [-0.05, 0) is 17.7 Å². The van der Waals surface area contributed by atoms with E-state index in [1.807, 2.05) is 5.32 Å². The average molecular weight is 341 g/mol. The predicted molar refractivity (Wildman–Crippen MR) is 75.6 cm³/mol. The molecule has 0 aliphatic carbocycles. The van der Waals surface area contributed by atoms with E-state index in [2.05, 4.69) is 4.74 Å². The Kier molecular flexibility index (Phi) is 5.51. The first-order valence-electron chi connectivity index (χ1n) is 6.69. The van der Waals surface area contributed by atoms with E-state index in [1.54, 1.807) is 30.3 Å². The number of halogens is 4. The minimum absolute atomic E-state index is 0.200. The Hall–Kier alpha value is -2.90. The zero-order valence-electron chi connectivity index (χ0n) is 12.1. The van der Waals surface area contributed by atoms with Crippen LogP contribution in [0.15, 0.2) is 42.5 Å². The van der Waals surface area contributed by atoms with Crippen LogP contribution >= 0.6 is 0 Å². The Morgan fingerprint density at radius 1 is 1.04 bits per heavy atom. The van der Waals surface area contributed by atoms with Gasteiger partial charge in [0.2, 0.25) is 5.91 Å². The SMILES string of the molecule is O=C(Cc1ccccc1)NC(=O)c1c(OC(F)F)ccc(F)c1F. The highest BCUT2D eigenvalue weighted by Gasteiger charge is 2.24. The van der Waals surface area contributed by atoms with Crippen molar-refractivity contribution in [3.8, 4) is 5.75 Å². The van der Waals surface area contributed by atoms with Gasteiger partial charge in [0.15, 0.2) is 11.6 Å². The average Bonchev–Trinajstić information content (AvgIpc) is 2.51. The summed E-state index contributed by atoms with van der Waals surface area (Å²) >= 11 is 0. The lowest BCUT2D eigenvalue weighted by atomic mass is 10.1. The van der Waals surface area contributed by atoms with Crippen molar-refractivity contribution in [2.45, 2.75) is 13.0 Å². The molecule has 0 saturated heterocycles. The number of hydrogen-bond acceptors (Lipinski definition) is 3. The maximum Gasteiger partial charge on any atom is 0.387 e. The van der Waals surface area contributed by atoms with Gasteiger partial charge in [-0.1, -0.05) is 30.3 Å². The highest BCUT2D eigenvalue weighted by molar-refractivity contribution is 6.06. The summed E-state index contributed by atoms with van der Waals surface area (Å²) in [6, 6.07) is 9.53. The van der Waals surface area contributed by atoms with Gasteiger partial charge in [-0.25, -0.2) is 8.78 Å². The molecule has 1 N–H and O–H groups in total. The zero-order valence-corrected chi connectivity index (χ0v) is 12.1. The quantitative estimate of drug-likeness (QED) is 0.851. The van der Waals surface area contributed by atoms with Crippen molar-refractivity contribution in [2.24, 2.45) is 0 Å². The number of rotatable bonds is 5. The number of nitrogens with one attached hydrogen (secondary N) is 1. The second-order valence-electron chi connectivity index (χ2n) is 4.65. The van der Waals surface area contributed by atoms with Gasteiger partial charge in [-0.15, -0.1) is 0 Å². The van der Waals surface area contributed by atoms with E-state index in [1.165, 1.54) is 0 Å². The minimum atomic E-state index is -3.35. The molecule has 0 aliphatic heterocycles. The van der Waals surface area contributed by atoms with Gasteiger partial charge in [-0.3, -0.25) is 14.9 Å². The summed E-state index contributed by atoms with van der Waals surface area (Å²) in [7, 11) is 0. The van der Waals surface area contributed by atoms with Gasteiger partial charge in [0.05, 0.1) is 6.42 Å². The monoisotopic (exact) mass is 341 g/mol. The maximum absolute atomic E-state index is 13.8. The molecule has 0 saturated carbocycles. The molecule has 0 unspecified atom stereocenters. The number of benzene rings is 2. The van der Waals surface area contributed by atoms with E-state index in [0.717, 1.165) is 0 Å². The summed E-state index contributed by atoms with van der Waals surface area (Å²) < 4.78 is 55.6. The van der Waals surface area contributed by atoms with E-state index < -0.39 is 41.4 Å². The van der Waals surface area contributed by atoms with Crippen LogP contribution in [-0.4, -0.2) is 18.4 Å². The molecule has 126 valence electrons. The molecule has 8 heteroatoms. The Morgan fingerprint density at radius 2 is 1.71 bits per heavy atom. The van der Waals surface area contributed by atoms with Crippen molar-refractivity contribution in [3.63, 3.8) is 0 Å². The zero-order chi connectivity index (χ0) is 17.7. The molecule has 2 aromatic rings. The third-order valence-electron chi connectivity index (χ3n) is 2.96. The molecule has 24 heavy (non-hydrogen) atoms. The smallest absolute Gasteiger partial charge is 0.387 e. The Balaban J connectivity index is 2.19. The molecule has 0 aromatic heterocycles. The summed E-state index contributed by atoms with van der Waals surface area (Å²) in [6.45, 7) is -3.35. The molecule has 2 aromatic carbocycles. The number of alkyl halides is 2. The molecule has 0 spiro atoms. The lowest BCUT2D eigenvalue weighted by Crippen LogP contribution is -2.33. The number of hydrogen-bond donors (Lipinski definition) is 1. The summed E-state index contributed by atoms with van der Waals surface area (Å²) in [5.74, 6) is -6.16. The van der Waals surface area contributed by atoms with E-state index in [0.29, 0.717) is 17.7 Å². The predicted octanol–water partition coefficient (Wildman–Crippen LogP) is 3.07. The van der Waals surface area contributed by atoms with Gasteiger partial charge in [0.25, 0.3) is 5.91 Å². The van der Waals surface area contributed by atoms with Crippen LogP contribution in [0.3, 0.4) is 0 Å². The van der Waals surface area contributed by atoms with Gasteiger partial charge < -0.3 is 4.74 Å². The Bertz CT molecular complexity index is 750. The minimum Gasteiger partial charge on any atom is -0.434 e. The van der Waals surface area contributed by atoms with Crippen molar-refractivity contribution < 1.29 is 31.9 Å². The normalized spacial score (nSPS) is 10.5. The Labute approximate surface area is 134 Å². The fourth-order valence-corrected chi connectivity index (χ4v) is 1.95. The fraction of sp³-hybridized carbons (Fsp3) is 0.125. The van der Waals surface area contributed by atoms with Crippen molar-refractivity contribution in [2.75, 3.05) is 0 Å². The number of carbonyl (C=O) groups is 2. The highest BCUT2D eigenvalue weighted by atomic mass is 19.3. The number of ether oxygens (including phenoxy) is 1. The second kappa shape index (κ2) is 7.58. The van der Waals surface area contributed by atoms with Crippen molar-refractivity contribution in [1.29, 1.82) is 0 Å². The topological polar surface area (TPSA) is 55.4 Å². The molecule has 0 radical (unpaired) electrons. The molecule has 0 aliphatic rings. The van der Waals surface area contributed by atoms with E-state index in [-0.39, 0.29) is 6.42 Å². The lowest BCUT2D eigenvalue weighted by Gasteiger charge is -2.12. The van der Waals surface area contributed by atoms with Crippen LogP contribution in [0.1, 0.15) is 15.9 Å². The van der Waals surface area contributed by atoms with Crippen molar-refractivity contribution in [3.05, 3.63) is 65.2 Å². The maximum atomic E-state index is 13.8. The third-order valence-corrected chi connectivity index (χ3v) is 2.96. The van der Waals surface area contributed by atoms with Crippen LogP contribution in [0.2, 0.25) is 0 Å². The molecule has 2 amide bonds. The first-order chi connectivity index (χ1) is 11.4. The van der Waals surface area contributed by atoms with Crippen LogP contribution in [0.4, 0.5) is 17.6 Å². The molecule has 4 nitrogen and oxygen atoms in total. The van der Waals surface area contributed by atoms with Gasteiger partial charge >= 0.3 is 6.61 Å². The lowest BCUT2D eigenvalue weighted by molar-refractivity contribution is -0.119. The Morgan fingerprint density at radius 3 is 2.33 bits per heavy atom. The van der Waals surface area contributed by atoms with Gasteiger partial charge in [0.1, 0.15) is 11.3 Å². The van der Waals surface area contributed by atoms with E-state index in [9.17, 15) is 27.2 Å². The molecule has 2 rings (SSSR count). The van der Waals surface area contributed by atoms with Crippen molar-refractivity contribution in [1.82, 2.24) is 5.32 Å². The highest BCUT2D eigenvalue weighted by Crippen LogP contribution is 2.25. The fourth-order valence-electron chi connectivity index (χ4n) is 1.95. The standard InChI is InChI=1S/C16H11F4NO3/c17-10-6-7-11(24-16(19)20)13(14(10)18)15(23)21-12(22)8-9-4-2-1-3-5-9/h1-7,16H,8H2,(H,21,22,23). The summed E-state index contributed by atoms with van der Waals surface area (Å²) in [5, 5.41) is 1.82. The first kappa shape index (κ1) is 17.5. The van der Waals surface area contributed by atoms with E-state index >= 15 is 0 Å². The van der Waals surface area contributed by atoms with Crippen LogP contribution < -0.4 is 10.1 Å². The van der Waals surface area contributed by atoms with Gasteiger partial charge in [-0.2, -0.15) is 8.78 Å². The first-order valence-corrected chi connectivity index (χ1v) is 6.69. The summed E-state index contributed by atoms with van der Waals surface area (Å²) in [6.07, 6.45) is -0.200. The number of amides is 2. The third kappa shape index (κ3) is 4.31. The second-order valence-corrected chi connectivity index (χ2v) is 4.65. The van der Waals surface area contributed by atoms with Crippen LogP contribution in [-0.2, 0) is 11.2 Å². The largest absolute Gasteiger partial charge is 0.434 e. The molecule has 0 heterocycles. The van der Waals surface area contributed by atoms with Crippen LogP contribution in [0.25, 0.3) is 0 Å². The summed E-state index contributed by atoms with van der Waals surface area (Å²) in [5.41, 5.74) is -0.525. The van der Waals surface area contributed by atoms with Crippen LogP contribution in [0.5, 0.6) is 5.75 Å². The molecule has 0 bridgehead atoms. The molecular weight excluding hydrogens is 330 g/mol. The molecular formula is C16H11F4NO3. The summed E-state index contributed by atoms with van der Waals surface area (Å²) in [4.78, 5) is 23.7. The molecule has 0 fully saturated rings. The number of imide groups is 1. The van der Waals surface area contributed by atoms with Gasteiger partial charge in [0, 0.05) is 0 Å². The molecule has 0 atom stereocenters. The van der Waals surface area contributed by atoms with E-state index in [4.69, 9.17) is 0 Å². The van der Waals surface area contributed by atoms with Crippen LogP contribution in [0, 0.1) is 11.6 Å². The van der Waals surface area contributed by atoms with Crippen molar-refractivity contribution >= 4 is 11.8 Å². The number of carbonyl (C=O) groups excluding carboxylic acids is 2.